The molecule has 2 N–H and O–H groups in total. The summed E-state index contributed by atoms with van der Waals surface area (Å²) in [4.78, 5) is 11.1. The lowest BCUT2D eigenvalue weighted by Crippen LogP contribution is -2.44. The van der Waals surface area contributed by atoms with Gasteiger partial charge in [-0.25, -0.2) is 4.98 Å². The molecule has 1 aromatic rings. The number of aryl methyl sites for hydroxylation is 1. The standard InChI is InChI=1S/C14H25N7/c1-10-6-11(8-21(10)12-4-5-12)19-14(15-2)16-7-13-17-9-18-20(13)3/h9-12H,4-8H2,1-3H3,(H2,15,16,19). The monoisotopic (exact) mass is 291 g/mol. The van der Waals surface area contributed by atoms with E-state index in [0.717, 1.165) is 24.4 Å². The summed E-state index contributed by atoms with van der Waals surface area (Å²) in [5.41, 5.74) is 0. The van der Waals surface area contributed by atoms with Gasteiger partial charge in [0.25, 0.3) is 0 Å². The first-order valence-corrected chi connectivity index (χ1v) is 7.73. The van der Waals surface area contributed by atoms with Crippen molar-refractivity contribution in [3.8, 4) is 0 Å². The van der Waals surface area contributed by atoms with E-state index in [9.17, 15) is 0 Å². The lowest BCUT2D eigenvalue weighted by molar-refractivity contribution is 0.256. The van der Waals surface area contributed by atoms with E-state index in [1.807, 2.05) is 14.1 Å². The molecule has 7 nitrogen and oxygen atoms in total. The molecule has 0 radical (unpaired) electrons. The highest BCUT2D eigenvalue weighted by Gasteiger charge is 2.38. The lowest BCUT2D eigenvalue weighted by Gasteiger charge is -2.20. The van der Waals surface area contributed by atoms with Gasteiger partial charge in [-0.05, 0) is 26.2 Å². The smallest absolute Gasteiger partial charge is 0.191 e. The zero-order valence-corrected chi connectivity index (χ0v) is 13.1. The first-order chi connectivity index (χ1) is 10.2. The quantitative estimate of drug-likeness (QED) is 0.608. The van der Waals surface area contributed by atoms with E-state index in [0.29, 0.717) is 18.6 Å². The van der Waals surface area contributed by atoms with E-state index >= 15 is 0 Å². The summed E-state index contributed by atoms with van der Waals surface area (Å²) in [5.74, 6) is 1.74. The molecule has 0 amide bonds. The van der Waals surface area contributed by atoms with Crippen molar-refractivity contribution in [1.82, 2.24) is 30.3 Å². The topological polar surface area (TPSA) is 70.4 Å². The first-order valence-electron chi connectivity index (χ1n) is 7.73. The number of rotatable bonds is 4. The second-order valence-corrected chi connectivity index (χ2v) is 6.08. The second-order valence-electron chi connectivity index (χ2n) is 6.08. The lowest BCUT2D eigenvalue weighted by atomic mass is 10.2. The van der Waals surface area contributed by atoms with Crippen LogP contribution in [0.5, 0.6) is 0 Å². The van der Waals surface area contributed by atoms with Gasteiger partial charge in [0.2, 0.25) is 0 Å². The van der Waals surface area contributed by atoms with Crippen LogP contribution < -0.4 is 10.6 Å². The van der Waals surface area contributed by atoms with E-state index in [-0.39, 0.29) is 0 Å². The van der Waals surface area contributed by atoms with Crippen LogP contribution in [0.15, 0.2) is 11.3 Å². The Labute approximate surface area is 125 Å². The van der Waals surface area contributed by atoms with E-state index < -0.39 is 0 Å². The zero-order chi connectivity index (χ0) is 14.8. The van der Waals surface area contributed by atoms with Crippen molar-refractivity contribution >= 4 is 5.96 Å². The second kappa shape index (κ2) is 6.01. The predicted molar refractivity (Wildman–Crippen MR) is 81.9 cm³/mol. The third-order valence-electron chi connectivity index (χ3n) is 4.42. The van der Waals surface area contributed by atoms with Gasteiger partial charge < -0.3 is 10.6 Å². The molecular weight excluding hydrogens is 266 g/mol. The zero-order valence-electron chi connectivity index (χ0n) is 13.1. The van der Waals surface area contributed by atoms with Gasteiger partial charge in [-0.15, -0.1) is 0 Å². The fourth-order valence-corrected chi connectivity index (χ4v) is 3.11. The molecule has 116 valence electrons. The fourth-order valence-electron chi connectivity index (χ4n) is 3.11. The number of aromatic nitrogens is 3. The summed E-state index contributed by atoms with van der Waals surface area (Å²) in [6, 6.07) is 1.98. The molecule has 0 aromatic carbocycles. The molecule has 2 unspecified atom stereocenters. The molecule has 2 aliphatic rings. The van der Waals surface area contributed by atoms with Gasteiger partial charge in [0.05, 0.1) is 6.54 Å². The fraction of sp³-hybridized carbons (Fsp3) is 0.786. The van der Waals surface area contributed by atoms with Crippen LogP contribution in [0.25, 0.3) is 0 Å². The van der Waals surface area contributed by atoms with Crippen LogP contribution in [0, 0.1) is 0 Å². The molecule has 3 rings (SSSR count). The number of nitrogens with one attached hydrogen (secondary N) is 2. The molecule has 1 aliphatic heterocycles. The maximum atomic E-state index is 4.31. The highest BCUT2D eigenvalue weighted by molar-refractivity contribution is 5.79. The predicted octanol–water partition coefficient (Wildman–Crippen LogP) is 0.105. The van der Waals surface area contributed by atoms with Gasteiger partial charge in [-0.1, -0.05) is 0 Å². The molecule has 7 heteroatoms. The van der Waals surface area contributed by atoms with E-state index in [1.54, 1.807) is 11.0 Å². The minimum absolute atomic E-state index is 0.478. The number of likely N-dealkylation sites (tertiary alicyclic amines) is 1. The number of hydrogen-bond acceptors (Lipinski definition) is 4. The minimum atomic E-state index is 0.478. The van der Waals surface area contributed by atoms with E-state index in [1.165, 1.54) is 19.3 Å². The summed E-state index contributed by atoms with van der Waals surface area (Å²) in [7, 11) is 3.70. The average molecular weight is 291 g/mol. The van der Waals surface area contributed by atoms with Crippen LogP contribution in [0.1, 0.15) is 32.0 Å². The largest absolute Gasteiger partial charge is 0.352 e. The SMILES string of the molecule is CN=C(NCc1ncnn1C)NC1CC(C)N(C2CC2)C1. The minimum Gasteiger partial charge on any atom is -0.352 e. The van der Waals surface area contributed by atoms with Gasteiger partial charge in [0.1, 0.15) is 12.2 Å². The van der Waals surface area contributed by atoms with Crippen LogP contribution in [0.4, 0.5) is 0 Å². The Balaban J connectivity index is 1.50. The summed E-state index contributed by atoms with van der Waals surface area (Å²) in [6.45, 7) is 4.08. The third kappa shape index (κ3) is 3.34. The van der Waals surface area contributed by atoms with Crippen LogP contribution >= 0.6 is 0 Å². The normalized spacial score (nSPS) is 27.1. The molecule has 1 saturated heterocycles. The molecule has 1 saturated carbocycles. The molecule has 0 spiro atoms. The Morgan fingerprint density at radius 1 is 1.48 bits per heavy atom. The van der Waals surface area contributed by atoms with Gasteiger partial charge >= 0.3 is 0 Å². The Morgan fingerprint density at radius 3 is 2.90 bits per heavy atom. The van der Waals surface area contributed by atoms with E-state index in [4.69, 9.17) is 0 Å². The maximum Gasteiger partial charge on any atom is 0.191 e. The summed E-state index contributed by atoms with van der Waals surface area (Å²) in [6.07, 6.45) is 5.49. The Morgan fingerprint density at radius 2 is 2.29 bits per heavy atom. The van der Waals surface area contributed by atoms with Crippen LogP contribution in [-0.2, 0) is 13.6 Å². The molecule has 1 aromatic heterocycles. The summed E-state index contributed by atoms with van der Waals surface area (Å²) >= 11 is 0. The Bertz CT molecular complexity index is 505. The maximum absolute atomic E-state index is 4.31. The number of hydrogen-bond donors (Lipinski definition) is 2. The highest BCUT2D eigenvalue weighted by Crippen LogP contribution is 2.33. The molecule has 0 bridgehead atoms. The van der Waals surface area contributed by atoms with Crippen molar-refractivity contribution in [2.24, 2.45) is 12.0 Å². The van der Waals surface area contributed by atoms with Crippen molar-refractivity contribution in [3.05, 3.63) is 12.2 Å². The molecule has 2 fully saturated rings. The van der Waals surface area contributed by atoms with Crippen molar-refractivity contribution in [3.63, 3.8) is 0 Å². The Kier molecular flexibility index (Phi) is 4.10. The molecule has 2 heterocycles. The number of nitrogens with zero attached hydrogens (tertiary/aromatic N) is 5. The molecule has 1 aliphatic carbocycles. The molecular formula is C14H25N7. The van der Waals surface area contributed by atoms with Crippen LogP contribution in [-0.4, -0.2) is 57.3 Å². The van der Waals surface area contributed by atoms with Crippen LogP contribution in [0.3, 0.4) is 0 Å². The van der Waals surface area contributed by atoms with Crippen LogP contribution in [0.2, 0.25) is 0 Å². The number of guanidine groups is 1. The van der Waals surface area contributed by atoms with Crippen molar-refractivity contribution in [2.45, 2.75) is 50.9 Å². The summed E-state index contributed by atoms with van der Waals surface area (Å²) in [5, 5.41) is 10.9. The van der Waals surface area contributed by atoms with Gasteiger partial charge in [0, 0.05) is 38.8 Å². The highest BCUT2D eigenvalue weighted by atomic mass is 15.3. The average Bonchev–Trinajstić information content (AvgIpc) is 3.13. The van der Waals surface area contributed by atoms with Crippen molar-refractivity contribution < 1.29 is 0 Å². The number of aliphatic imine (C=N–C) groups is 1. The molecule has 21 heavy (non-hydrogen) atoms. The van der Waals surface area contributed by atoms with Gasteiger partial charge in [-0.3, -0.25) is 14.6 Å². The van der Waals surface area contributed by atoms with Crippen molar-refractivity contribution in [2.75, 3.05) is 13.6 Å². The summed E-state index contributed by atoms with van der Waals surface area (Å²) < 4.78 is 1.77. The van der Waals surface area contributed by atoms with Crippen molar-refractivity contribution in [1.29, 1.82) is 0 Å². The Hall–Kier alpha value is -1.63. The molecule has 2 atom stereocenters. The van der Waals surface area contributed by atoms with E-state index in [2.05, 4.69) is 37.5 Å². The van der Waals surface area contributed by atoms with Gasteiger partial charge in [-0.2, -0.15) is 5.10 Å². The third-order valence-corrected chi connectivity index (χ3v) is 4.42. The van der Waals surface area contributed by atoms with Gasteiger partial charge in [0.15, 0.2) is 5.96 Å². The first kappa shape index (κ1) is 14.3.